The first-order valence-corrected chi connectivity index (χ1v) is 6.43. The van der Waals surface area contributed by atoms with Crippen molar-refractivity contribution in [3.8, 4) is 5.75 Å². The summed E-state index contributed by atoms with van der Waals surface area (Å²) in [6, 6.07) is 10.3. The number of phenolic OH excluding ortho intramolecular Hbond substituents is 1. The van der Waals surface area contributed by atoms with E-state index in [1.54, 1.807) is 12.1 Å². The number of aromatic hydroxyl groups is 1. The van der Waals surface area contributed by atoms with Crippen molar-refractivity contribution in [3.05, 3.63) is 52.0 Å². The highest BCUT2D eigenvalue weighted by Gasteiger charge is 2.14. The Bertz CT molecular complexity index is 641. The van der Waals surface area contributed by atoms with Crippen LogP contribution < -0.4 is 11.1 Å². The summed E-state index contributed by atoms with van der Waals surface area (Å²) in [5, 5.41) is 12.5. The average Bonchev–Trinajstić information content (AvgIpc) is 2.36. The van der Waals surface area contributed by atoms with E-state index >= 15 is 0 Å². The Morgan fingerprint density at radius 3 is 2.74 bits per heavy atom. The highest BCUT2D eigenvalue weighted by molar-refractivity contribution is 9.10. The number of para-hydroxylation sites is 1. The number of rotatable bonds is 2. The van der Waals surface area contributed by atoms with Crippen LogP contribution in [0, 0.1) is 6.92 Å². The van der Waals surface area contributed by atoms with Crippen LogP contribution >= 0.6 is 15.9 Å². The SMILES string of the molecule is Cc1ccc(NC(=O)c2cccc(N)c2O)c(Br)c1. The van der Waals surface area contributed by atoms with Crippen LogP contribution in [-0.4, -0.2) is 11.0 Å². The van der Waals surface area contributed by atoms with Gasteiger partial charge in [-0.3, -0.25) is 4.79 Å². The van der Waals surface area contributed by atoms with Crippen molar-refractivity contribution in [1.29, 1.82) is 0 Å². The molecule has 2 rings (SSSR count). The molecular weight excluding hydrogens is 308 g/mol. The molecule has 0 saturated heterocycles. The minimum absolute atomic E-state index is 0.146. The van der Waals surface area contributed by atoms with Gasteiger partial charge in [0.1, 0.15) is 0 Å². The summed E-state index contributed by atoms with van der Waals surface area (Å²) in [6.07, 6.45) is 0. The second-order valence-electron chi connectivity index (χ2n) is 4.18. The summed E-state index contributed by atoms with van der Waals surface area (Å²) in [5.41, 5.74) is 7.60. The highest BCUT2D eigenvalue weighted by atomic mass is 79.9. The number of hydrogen-bond donors (Lipinski definition) is 3. The lowest BCUT2D eigenvalue weighted by molar-refractivity contribution is 0.102. The summed E-state index contributed by atoms with van der Waals surface area (Å²) in [4.78, 5) is 12.1. The molecule has 0 fully saturated rings. The molecule has 4 nitrogen and oxygen atoms in total. The first-order chi connectivity index (χ1) is 8.99. The van der Waals surface area contributed by atoms with E-state index in [1.807, 2.05) is 19.1 Å². The van der Waals surface area contributed by atoms with Gasteiger partial charge in [0.05, 0.1) is 16.9 Å². The molecule has 19 heavy (non-hydrogen) atoms. The number of phenols is 1. The second-order valence-corrected chi connectivity index (χ2v) is 5.04. The third-order valence-electron chi connectivity index (χ3n) is 2.68. The molecule has 0 atom stereocenters. The largest absolute Gasteiger partial charge is 0.505 e. The fourth-order valence-electron chi connectivity index (χ4n) is 1.66. The number of carbonyl (C=O) groups excluding carboxylic acids is 1. The van der Waals surface area contributed by atoms with E-state index < -0.39 is 5.91 Å². The summed E-state index contributed by atoms with van der Waals surface area (Å²) in [5.74, 6) is -0.613. The number of benzene rings is 2. The Morgan fingerprint density at radius 2 is 2.05 bits per heavy atom. The summed E-state index contributed by atoms with van der Waals surface area (Å²) >= 11 is 3.38. The monoisotopic (exact) mass is 320 g/mol. The molecule has 5 heteroatoms. The lowest BCUT2D eigenvalue weighted by Crippen LogP contribution is -2.13. The van der Waals surface area contributed by atoms with Crippen LogP contribution in [0.1, 0.15) is 15.9 Å². The van der Waals surface area contributed by atoms with Crippen LogP contribution in [0.15, 0.2) is 40.9 Å². The second kappa shape index (κ2) is 5.32. The Hall–Kier alpha value is -2.01. The minimum Gasteiger partial charge on any atom is -0.505 e. The van der Waals surface area contributed by atoms with Crippen molar-refractivity contribution >= 4 is 33.2 Å². The molecule has 1 amide bonds. The van der Waals surface area contributed by atoms with Gasteiger partial charge in [-0.05, 0) is 52.7 Å². The van der Waals surface area contributed by atoms with Crippen molar-refractivity contribution in [2.24, 2.45) is 0 Å². The zero-order valence-corrected chi connectivity index (χ0v) is 11.9. The van der Waals surface area contributed by atoms with Crippen molar-refractivity contribution in [2.45, 2.75) is 6.92 Å². The number of nitrogens with one attached hydrogen (secondary N) is 1. The van der Waals surface area contributed by atoms with Crippen LogP contribution in [0.4, 0.5) is 11.4 Å². The average molecular weight is 321 g/mol. The number of carbonyl (C=O) groups is 1. The Morgan fingerprint density at radius 1 is 1.32 bits per heavy atom. The summed E-state index contributed by atoms with van der Waals surface area (Å²) in [7, 11) is 0. The Balaban J connectivity index is 2.28. The van der Waals surface area contributed by atoms with Crippen LogP contribution in [0.5, 0.6) is 5.75 Å². The molecule has 4 N–H and O–H groups in total. The van der Waals surface area contributed by atoms with Gasteiger partial charge in [-0.2, -0.15) is 0 Å². The molecular formula is C14H13BrN2O2. The van der Waals surface area contributed by atoms with Gasteiger partial charge >= 0.3 is 0 Å². The van der Waals surface area contributed by atoms with Crippen LogP contribution in [-0.2, 0) is 0 Å². The molecule has 2 aromatic carbocycles. The first kappa shape index (κ1) is 13.4. The van der Waals surface area contributed by atoms with E-state index in [0.29, 0.717) is 5.69 Å². The van der Waals surface area contributed by atoms with Crippen molar-refractivity contribution < 1.29 is 9.90 Å². The van der Waals surface area contributed by atoms with Crippen LogP contribution in [0.2, 0.25) is 0 Å². The molecule has 0 aliphatic rings. The van der Waals surface area contributed by atoms with Gasteiger partial charge in [-0.25, -0.2) is 0 Å². The van der Waals surface area contributed by atoms with E-state index in [-0.39, 0.29) is 17.0 Å². The van der Waals surface area contributed by atoms with E-state index in [1.165, 1.54) is 12.1 Å². The van der Waals surface area contributed by atoms with E-state index in [4.69, 9.17) is 5.73 Å². The number of nitrogens with two attached hydrogens (primary N) is 1. The van der Waals surface area contributed by atoms with Gasteiger partial charge < -0.3 is 16.2 Å². The van der Waals surface area contributed by atoms with Crippen LogP contribution in [0.3, 0.4) is 0 Å². The maximum absolute atomic E-state index is 12.1. The topological polar surface area (TPSA) is 75.4 Å². The lowest BCUT2D eigenvalue weighted by atomic mass is 10.1. The molecule has 0 radical (unpaired) electrons. The number of aryl methyl sites for hydroxylation is 1. The third-order valence-corrected chi connectivity index (χ3v) is 3.34. The van der Waals surface area contributed by atoms with Crippen molar-refractivity contribution in [3.63, 3.8) is 0 Å². The number of anilines is 2. The third kappa shape index (κ3) is 2.88. The zero-order valence-electron chi connectivity index (χ0n) is 10.3. The summed E-state index contributed by atoms with van der Waals surface area (Å²) < 4.78 is 0.782. The van der Waals surface area contributed by atoms with Crippen molar-refractivity contribution in [2.75, 3.05) is 11.1 Å². The fraction of sp³-hybridized carbons (Fsp3) is 0.0714. The number of halogens is 1. The molecule has 0 aliphatic heterocycles. The van der Waals surface area contributed by atoms with E-state index in [2.05, 4.69) is 21.2 Å². The Kier molecular flexibility index (Phi) is 3.76. The standard InChI is InChI=1S/C14H13BrN2O2/c1-8-5-6-12(10(15)7-8)17-14(19)9-3-2-4-11(16)13(9)18/h2-7,18H,16H2,1H3,(H,17,19). The minimum atomic E-state index is -0.408. The predicted molar refractivity (Wildman–Crippen MR) is 79.4 cm³/mol. The smallest absolute Gasteiger partial charge is 0.259 e. The van der Waals surface area contributed by atoms with Gasteiger partial charge in [0.2, 0.25) is 0 Å². The zero-order chi connectivity index (χ0) is 14.0. The molecule has 0 spiro atoms. The molecule has 0 bridgehead atoms. The molecule has 0 aliphatic carbocycles. The molecule has 2 aromatic rings. The fourth-order valence-corrected chi connectivity index (χ4v) is 2.25. The molecule has 98 valence electrons. The maximum Gasteiger partial charge on any atom is 0.259 e. The highest BCUT2D eigenvalue weighted by Crippen LogP contribution is 2.27. The van der Waals surface area contributed by atoms with Gasteiger partial charge in [0.25, 0.3) is 5.91 Å². The van der Waals surface area contributed by atoms with Gasteiger partial charge in [-0.1, -0.05) is 12.1 Å². The first-order valence-electron chi connectivity index (χ1n) is 5.64. The lowest BCUT2D eigenvalue weighted by Gasteiger charge is -2.10. The Labute approximate surface area is 119 Å². The van der Waals surface area contributed by atoms with E-state index in [0.717, 1.165) is 10.0 Å². The van der Waals surface area contributed by atoms with Gasteiger partial charge in [0.15, 0.2) is 5.75 Å². The maximum atomic E-state index is 12.1. The molecule has 0 unspecified atom stereocenters. The van der Waals surface area contributed by atoms with Crippen molar-refractivity contribution in [1.82, 2.24) is 0 Å². The predicted octanol–water partition coefficient (Wildman–Crippen LogP) is 3.30. The summed E-state index contributed by atoms with van der Waals surface area (Å²) in [6.45, 7) is 1.96. The number of amides is 1. The van der Waals surface area contributed by atoms with Gasteiger partial charge in [-0.15, -0.1) is 0 Å². The van der Waals surface area contributed by atoms with Gasteiger partial charge in [0, 0.05) is 4.47 Å². The quantitative estimate of drug-likeness (QED) is 0.587. The van der Waals surface area contributed by atoms with Crippen LogP contribution in [0.25, 0.3) is 0 Å². The number of nitrogen functional groups attached to an aromatic ring is 1. The number of hydrogen-bond acceptors (Lipinski definition) is 3. The molecule has 0 saturated carbocycles. The van der Waals surface area contributed by atoms with E-state index in [9.17, 15) is 9.90 Å². The molecule has 0 heterocycles. The normalized spacial score (nSPS) is 10.2. The molecule has 0 aromatic heterocycles.